The molecule has 20 heavy (non-hydrogen) atoms. The van der Waals surface area contributed by atoms with Gasteiger partial charge in [-0.15, -0.1) is 0 Å². The fourth-order valence-corrected chi connectivity index (χ4v) is 4.26. The van der Waals surface area contributed by atoms with Crippen LogP contribution in [0.25, 0.3) is 0 Å². The van der Waals surface area contributed by atoms with Gasteiger partial charge in [-0.1, -0.05) is 40.0 Å². The molecule has 2 saturated carbocycles. The van der Waals surface area contributed by atoms with E-state index in [2.05, 4.69) is 20.8 Å². The van der Waals surface area contributed by atoms with Crippen LogP contribution in [0.5, 0.6) is 0 Å². The molecule has 2 rings (SSSR count). The fourth-order valence-electron chi connectivity index (χ4n) is 4.26. The first-order chi connectivity index (χ1) is 9.44. The van der Waals surface area contributed by atoms with Crippen LogP contribution in [-0.2, 0) is 9.53 Å². The van der Waals surface area contributed by atoms with Gasteiger partial charge in [-0.25, -0.2) is 0 Å². The lowest BCUT2D eigenvalue weighted by Crippen LogP contribution is -2.50. The monoisotopic (exact) mass is 280 g/mol. The predicted octanol–water partition coefficient (Wildman–Crippen LogP) is 4.76. The summed E-state index contributed by atoms with van der Waals surface area (Å²) in [6.07, 6.45) is 10.0. The van der Waals surface area contributed by atoms with Gasteiger partial charge in [0.2, 0.25) is 0 Å². The molecule has 0 saturated heterocycles. The van der Waals surface area contributed by atoms with Crippen molar-refractivity contribution < 1.29 is 9.53 Å². The first kappa shape index (κ1) is 16.0. The van der Waals surface area contributed by atoms with Gasteiger partial charge in [0, 0.05) is 13.0 Å². The lowest BCUT2D eigenvalue weighted by Gasteiger charge is -2.44. The molecule has 116 valence electrons. The molecular weight excluding hydrogens is 248 g/mol. The Hall–Kier alpha value is -0.370. The fraction of sp³-hybridized carbons (Fsp3) is 0.944. The second-order valence-corrected chi connectivity index (χ2v) is 7.79. The van der Waals surface area contributed by atoms with E-state index in [9.17, 15) is 4.79 Å². The number of carbonyl (C=O) groups is 1. The smallest absolute Gasteiger partial charge is 0.167 e. The molecular formula is C18H32O2. The van der Waals surface area contributed by atoms with Crippen molar-refractivity contribution in [2.24, 2.45) is 17.3 Å². The van der Waals surface area contributed by atoms with Crippen molar-refractivity contribution in [2.75, 3.05) is 7.11 Å². The van der Waals surface area contributed by atoms with E-state index < -0.39 is 5.60 Å². The average Bonchev–Trinajstić information content (AvgIpc) is 2.47. The average molecular weight is 280 g/mol. The van der Waals surface area contributed by atoms with E-state index in [0.717, 1.165) is 38.5 Å². The van der Waals surface area contributed by atoms with Gasteiger partial charge in [-0.2, -0.15) is 0 Å². The van der Waals surface area contributed by atoms with Crippen LogP contribution in [0.3, 0.4) is 0 Å². The van der Waals surface area contributed by atoms with Crippen molar-refractivity contribution in [1.29, 1.82) is 0 Å². The van der Waals surface area contributed by atoms with Crippen molar-refractivity contribution in [2.45, 2.75) is 84.2 Å². The van der Waals surface area contributed by atoms with Crippen LogP contribution in [-0.4, -0.2) is 18.5 Å². The minimum atomic E-state index is -0.467. The molecule has 2 aliphatic rings. The van der Waals surface area contributed by atoms with Crippen LogP contribution < -0.4 is 0 Å². The molecule has 0 radical (unpaired) electrons. The minimum absolute atomic E-state index is 0.259. The van der Waals surface area contributed by atoms with Crippen LogP contribution in [0.15, 0.2) is 0 Å². The highest BCUT2D eigenvalue weighted by molar-refractivity contribution is 5.90. The molecule has 0 aromatic rings. The summed E-state index contributed by atoms with van der Waals surface area (Å²) in [6, 6.07) is 0. The summed E-state index contributed by atoms with van der Waals surface area (Å²) in [4.78, 5) is 13.2. The maximum atomic E-state index is 13.2. The molecule has 2 atom stereocenters. The Balaban J connectivity index is 2.12. The highest BCUT2D eigenvalue weighted by Crippen LogP contribution is 2.45. The number of rotatable bonds is 4. The molecule has 0 amide bonds. The van der Waals surface area contributed by atoms with Crippen LogP contribution in [0.4, 0.5) is 0 Å². The van der Waals surface area contributed by atoms with Crippen molar-refractivity contribution in [3.05, 3.63) is 0 Å². The van der Waals surface area contributed by atoms with Crippen molar-refractivity contribution >= 4 is 5.78 Å². The molecule has 0 aromatic heterocycles. The van der Waals surface area contributed by atoms with Gasteiger partial charge < -0.3 is 4.74 Å². The molecule has 0 bridgehead atoms. The first-order valence-electron chi connectivity index (χ1n) is 8.53. The number of Topliss-reactive ketones (excluding diaryl/α,β-unsaturated/α-hetero) is 1. The second kappa shape index (κ2) is 6.17. The number of methoxy groups -OCH3 is 1. The van der Waals surface area contributed by atoms with E-state index >= 15 is 0 Å². The quantitative estimate of drug-likeness (QED) is 0.742. The van der Waals surface area contributed by atoms with Gasteiger partial charge >= 0.3 is 0 Å². The second-order valence-electron chi connectivity index (χ2n) is 7.79. The topological polar surface area (TPSA) is 26.3 Å². The summed E-state index contributed by atoms with van der Waals surface area (Å²) in [7, 11) is 1.75. The highest BCUT2D eigenvalue weighted by atomic mass is 16.5. The standard InChI is InChI=1S/C18H32O2/c1-5-14-8-6-7-9-15(14)16(19)18(20-4)12-10-17(2,3)11-13-18/h14-15H,5-13H2,1-4H3. The van der Waals surface area contributed by atoms with E-state index in [4.69, 9.17) is 4.74 Å². The van der Waals surface area contributed by atoms with Crippen molar-refractivity contribution in [1.82, 2.24) is 0 Å². The summed E-state index contributed by atoms with van der Waals surface area (Å²) in [6.45, 7) is 6.86. The Bertz CT molecular complexity index is 335. The van der Waals surface area contributed by atoms with E-state index in [1.807, 2.05) is 0 Å². The van der Waals surface area contributed by atoms with Gasteiger partial charge in [0.1, 0.15) is 5.60 Å². The normalized spacial score (nSPS) is 32.8. The Morgan fingerprint density at radius 2 is 1.70 bits per heavy atom. The summed E-state index contributed by atoms with van der Waals surface area (Å²) in [5, 5.41) is 0. The van der Waals surface area contributed by atoms with Gasteiger partial charge in [0.15, 0.2) is 5.78 Å². The number of ketones is 1. The molecule has 2 fully saturated rings. The Kier molecular flexibility index (Phi) is 4.94. The largest absolute Gasteiger partial charge is 0.370 e. The van der Waals surface area contributed by atoms with Crippen LogP contribution in [0, 0.1) is 17.3 Å². The highest BCUT2D eigenvalue weighted by Gasteiger charge is 2.47. The first-order valence-corrected chi connectivity index (χ1v) is 8.53. The van der Waals surface area contributed by atoms with E-state index in [-0.39, 0.29) is 5.92 Å². The lowest BCUT2D eigenvalue weighted by atomic mass is 9.64. The zero-order valence-corrected chi connectivity index (χ0v) is 13.8. The predicted molar refractivity (Wildman–Crippen MR) is 82.7 cm³/mol. The molecule has 2 aliphatic carbocycles. The summed E-state index contributed by atoms with van der Waals surface area (Å²) in [5.41, 5.74) is -0.0933. The third-order valence-corrected chi connectivity index (χ3v) is 6.02. The number of hydrogen-bond acceptors (Lipinski definition) is 2. The van der Waals surface area contributed by atoms with Crippen LogP contribution in [0.2, 0.25) is 0 Å². The zero-order chi connectivity index (χ0) is 14.8. The number of hydrogen-bond donors (Lipinski definition) is 0. The third-order valence-electron chi connectivity index (χ3n) is 6.02. The maximum absolute atomic E-state index is 13.2. The van der Waals surface area contributed by atoms with Crippen LogP contribution >= 0.6 is 0 Å². The number of ether oxygens (including phenoxy) is 1. The van der Waals surface area contributed by atoms with Gasteiger partial charge in [0.25, 0.3) is 0 Å². The van der Waals surface area contributed by atoms with Gasteiger partial charge in [-0.3, -0.25) is 4.79 Å². The molecule has 0 aromatic carbocycles. The zero-order valence-electron chi connectivity index (χ0n) is 13.8. The van der Waals surface area contributed by atoms with E-state index in [1.165, 1.54) is 19.3 Å². The molecule has 0 heterocycles. The summed E-state index contributed by atoms with van der Waals surface area (Å²) < 4.78 is 5.83. The Morgan fingerprint density at radius 1 is 1.10 bits per heavy atom. The molecule has 0 N–H and O–H groups in total. The Morgan fingerprint density at radius 3 is 2.25 bits per heavy atom. The minimum Gasteiger partial charge on any atom is -0.370 e. The molecule has 2 heteroatoms. The van der Waals surface area contributed by atoms with Crippen molar-refractivity contribution in [3.8, 4) is 0 Å². The summed E-state index contributed by atoms with van der Waals surface area (Å²) >= 11 is 0. The van der Waals surface area contributed by atoms with Gasteiger partial charge in [0.05, 0.1) is 0 Å². The molecule has 2 nitrogen and oxygen atoms in total. The molecule has 0 spiro atoms. The Labute approximate surface area is 124 Å². The SMILES string of the molecule is CCC1CCCCC1C(=O)C1(OC)CCC(C)(C)CC1. The molecule has 2 unspecified atom stereocenters. The van der Waals surface area contributed by atoms with Crippen LogP contribution in [0.1, 0.15) is 78.6 Å². The maximum Gasteiger partial charge on any atom is 0.167 e. The summed E-state index contributed by atoms with van der Waals surface area (Å²) in [5.74, 6) is 1.29. The lowest BCUT2D eigenvalue weighted by molar-refractivity contribution is -0.155. The van der Waals surface area contributed by atoms with Crippen molar-refractivity contribution in [3.63, 3.8) is 0 Å². The number of carbonyl (C=O) groups excluding carboxylic acids is 1. The molecule has 0 aliphatic heterocycles. The van der Waals surface area contributed by atoms with E-state index in [0.29, 0.717) is 17.1 Å². The van der Waals surface area contributed by atoms with E-state index in [1.54, 1.807) is 7.11 Å². The third kappa shape index (κ3) is 3.10. The van der Waals surface area contributed by atoms with Gasteiger partial charge in [-0.05, 0) is 49.9 Å².